The van der Waals surface area contributed by atoms with E-state index in [1.54, 1.807) is 59.3 Å². The number of nitrogens with zero attached hydrogens (tertiary/aromatic N) is 3. The minimum atomic E-state index is -0.387. The first-order valence-electron chi connectivity index (χ1n) is 11.4. The number of hydrogen-bond donors (Lipinski definition) is 1. The molecule has 36 heavy (non-hydrogen) atoms. The maximum absolute atomic E-state index is 13.9. The third kappa shape index (κ3) is 5.13. The van der Waals surface area contributed by atoms with Crippen molar-refractivity contribution < 1.29 is 28.1 Å². The summed E-state index contributed by atoms with van der Waals surface area (Å²) in [5, 5.41) is 7.31. The monoisotopic (exact) mass is 490 g/mol. The number of nitrogens with one attached hydrogen (secondary N) is 1. The molecule has 2 heterocycles. The molecule has 9 nitrogen and oxygen atoms in total. The number of hydrogen-bond acceptors (Lipinski definition) is 7. The Morgan fingerprint density at radius 3 is 2.69 bits per heavy atom. The molecule has 0 saturated carbocycles. The molecule has 3 aromatic carbocycles. The van der Waals surface area contributed by atoms with Crippen LogP contribution in [-0.2, 0) is 4.74 Å². The topological polar surface area (TPSA) is 96.7 Å². The summed E-state index contributed by atoms with van der Waals surface area (Å²) in [7, 11) is 0. The fourth-order valence-corrected chi connectivity index (χ4v) is 3.61. The smallest absolute Gasteiger partial charge is 0.336 e. The van der Waals surface area contributed by atoms with Crippen LogP contribution < -0.4 is 19.5 Å². The highest BCUT2D eigenvalue weighted by molar-refractivity contribution is 6.04. The van der Waals surface area contributed by atoms with E-state index in [1.807, 2.05) is 6.92 Å². The van der Waals surface area contributed by atoms with Crippen molar-refractivity contribution in [1.82, 2.24) is 14.8 Å². The highest BCUT2D eigenvalue weighted by atomic mass is 19.1. The predicted molar refractivity (Wildman–Crippen MR) is 129 cm³/mol. The number of benzene rings is 3. The summed E-state index contributed by atoms with van der Waals surface area (Å²) in [6, 6.07) is 18.3. The van der Waals surface area contributed by atoms with Crippen LogP contribution in [-0.4, -0.2) is 47.3 Å². The SMILES string of the molecule is CCOCCOc1nc(-c2cccc(F)c2)n(-c2ccc(NC(=O)c3ccc4c(c3)OCO4)cc2)n1. The summed E-state index contributed by atoms with van der Waals surface area (Å²) in [4.78, 5) is 17.1. The van der Waals surface area contributed by atoms with Crippen molar-refractivity contribution in [3.05, 3.63) is 78.1 Å². The highest BCUT2D eigenvalue weighted by Crippen LogP contribution is 2.32. The van der Waals surface area contributed by atoms with Crippen LogP contribution in [0, 0.1) is 5.82 Å². The molecule has 0 radical (unpaired) electrons. The van der Waals surface area contributed by atoms with Gasteiger partial charge in [-0.2, -0.15) is 4.98 Å². The minimum Gasteiger partial charge on any atom is -0.460 e. The summed E-state index contributed by atoms with van der Waals surface area (Å²) in [5.41, 5.74) is 2.23. The second-order valence-electron chi connectivity index (χ2n) is 7.75. The van der Waals surface area contributed by atoms with Gasteiger partial charge in [0, 0.05) is 23.4 Å². The Labute approximate surface area is 206 Å². The number of halogens is 1. The van der Waals surface area contributed by atoms with E-state index >= 15 is 0 Å². The van der Waals surface area contributed by atoms with E-state index in [4.69, 9.17) is 18.9 Å². The lowest BCUT2D eigenvalue weighted by molar-refractivity contribution is 0.102. The molecular formula is C26H23FN4O5. The van der Waals surface area contributed by atoms with Gasteiger partial charge in [0.05, 0.1) is 12.3 Å². The Balaban J connectivity index is 1.36. The van der Waals surface area contributed by atoms with Gasteiger partial charge in [-0.3, -0.25) is 4.79 Å². The van der Waals surface area contributed by atoms with E-state index in [0.717, 1.165) is 0 Å². The van der Waals surface area contributed by atoms with Gasteiger partial charge in [0.15, 0.2) is 17.3 Å². The predicted octanol–water partition coefficient (Wildman–Crippen LogP) is 4.47. The van der Waals surface area contributed by atoms with Gasteiger partial charge >= 0.3 is 6.01 Å². The molecule has 0 saturated heterocycles. The van der Waals surface area contributed by atoms with Crippen LogP contribution in [0.25, 0.3) is 17.1 Å². The average Bonchev–Trinajstić information content (AvgIpc) is 3.54. The van der Waals surface area contributed by atoms with Crippen LogP contribution in [0.5, 0.6) is 17.5 Å². The number of carbonyl (C=O) groups is 1. The normalized spacial score (nSPS) is 11.9. The minimum absolute atomic E-state index is 0.140. The summed E-state index contributed by atoms with van der Waals surface area (Å²) in [5.74, 6) is 0.889. The van der Waals surface area contributed by atoms with Crippen molar-refractivity contribution >= 4 is 11.6 Å². The molecule has 0 atom stereocenters. The van der Waals surface area contributed by atoms with Crippen molar-refractivity contribution in [2.45, 2.75) is 6.92 Å². The first kappa shape index (κ1) is 23.3. The zero-order chi connectivity index (χ0) is 24.9. The summed E-state index contributed by atoms with van der Waals surface area (Å²) >= 11 is 0. The summed E-state index contributed by atoms with van der Waals surface area (Å²) in [6.45, 7) is 3.30. The van der Waals surface area contributed by atoms with E-state index in [2.05, 4.69) is 15.4 Å². The Morgan fingerprint density at radius 2 is 1.89 bits per heavy atom. The Morgan fingerprint density at radius 1 is 1.06 bits per heavy atom. The molecule has 1 aliphatic rings. The first-order chi connectivity index (χ1) is 17.6. The van der Waals surface area contributed by atoms with Crippen molar-refractivity contribution in [2.24, 2.45) is 0 Å². The van der Waals surface area contributed by atoms with Gasteiger partial charge in [-0.1, -0.05) is 12.1 Å². The molecule has 10 heteroatoms. The van der Waals surface area contributed by atoms with Gasteiger partial charge in [0.1, 0.15) is 12.4 Å². The quantitative estimate of drug-likeness (QED) is 0.346. The summed E-state index contributed by atoms with van der Waals surface area (Å²) in [6.07, 6.45) is 0. The molecule has 1 aromatic heterocycles. The fraction of sp³-hybridized carbons (Fsp3) is 0.192. The van der Waals surface area contributed by atoms with E-state index in [-0.39, 0.29) is 31.1 Å². The molecule has 1 N–H and O–H groups in total. The zero-order valence-electron chi connectivity index (χ0n) is 19.4. The van der Waals surface area contributed by atoms with Crippen molar-refractivity contribution in [1.29, 1.82) is 0 Å². The van der Waals surface area contributed by atoms with Gasteiger partial charge in [0.25, 0.3) is 5.91 Å². The number of carbonyl (C=O) groups excluding carboxylic acids is 1. The zero-order valence-corrected chi connectivity index (χ0v) is 19.4. The molecule has 4 aromatic rings. The Bertz CT molecular complexity index is 1370. The highest BCUT2D eigenvalue weighted by Gasteiger charge is 2.18. The van der Waals surface area contributed by atoms with E-state index in [9.17, 15) is 9.18 Å². The number of aromatic nitrogens is 3. The Kier molecular flexibility index (Phi) is 6.76. The Hall–Kier alpha value is -4.44. The maximum Gasteiger partial charge on any atom is 0.336 e. The van der Waals surface area contributed by atoms with Crippen LogP contribution in [0.2, 0.25) is 0 Å². The lowest BCUT2D eigenvalue weighted by Gasteiger charge is -2.09. The fourth-order valence-electron chi connectivity index (χ4n) is 3.61. The number of rotatable bonds is 9. The number of anilines is 1. The van der Waals surface area contributed by atoms with Gasteiger partial charge in [-0.25, -0.2) is 9.07 Å². The number of fused-ring (bicyclic) bond motifs is 1. The molecule has 0 fully saturated rings. The van der Waals surface area contributed by atoms with E-state index < -0.39 is 0 Å². The average molecular weight is 490 g/mol. The third-order valence-corrected chi connectivity index (χ3v) is 5.34. The van der Waals surface area contributed by atoms with Crippen molar-refractivity contribution in [2.75, 3.05) is 31.9 Å². The van der Waals surface area contributed by atoms with E-state index in [0.29, 0.717) is 53.0 Å². The molecule has 0 aliphatic carbocycles. The molecular weight excluding hydrogens is 467 g/mol. The van der Waals surface area contributed by atoms with Crippen LogP contribution in [0.1, 0.15) is 17.3 Å². The molecule has 5 rings (SSSR count). The van der Waals surface area contributed by atoms with Crippen LogP contribution in [0.4, 0.5) is 10.1 Å². The lowest BCUT2D eigenvalue weighted by atomic mass is 10.1. The molecule has 1 aliphatic heterocycles. The number of amides is 1. The van der Waals surface area contributed by atoms with Crippen molar-refractivity contribution in [3.8, 4) is 34.6 Å². The third-order valence-electron chi connectivity index (χ3n) is 5.34. The lowest BCUT2D eigenvalue weighted by Crippen LogP contribution is -2.12. The van der Waals surface area contributed by atoms with Gasteiger partial charge in [-0.05, 0) is 61.5 Å². The number of ether oxygens (including phenoxy) is 4. The molecule has 1 amide bonds. The standard InChI is InChI=1S/C26H23FN4O5/c1-2-33-12-13-34-26-29-24(17-4-3-5-19(27)14-17)31(30-26)21-9-7-20(8-10-21)28-25(32)18-6-11-22-23(15-18)36-16-35-22/h3-11,14-15H,2,12-13,16H2,1H3,(H,28,32). The van der Waals surface area contributed by atoms with Crippen LogP contribution >= 0.6 is 0 Å². The molecule has 184 valence electrons. The van der Waals surface area contributed by atoms with Crippen LogP contribution in [0.3, 0.4) is 0 Å². The largest absolute Gasteiger partial charge is 0.460 e. The van der Waals surface area contributed by atoms with Gasteiger partial charge < -0.3 is 24.3 Å². The van der Waals surface area contributed by atoms with Gasteiger partial charge in [0.2, 0.25) is 6.79 Å². The van der Waals surface area contributed by atoms with Crippen molar-refractivity contribution in [3.63, 3.8) is 0 Å². The van der Waals surface area contributed by atoms with Crippen LogP contribution in [0.15, 0.2) is 66.7 Å². The molecule has 0 spiro atoms. The molecule has 0 unspecified atom stereocenters. The van der Waals surface area contributed by atoms with E-state index in [1.165, 1.54) is 12.1 Å². The second kappa shape index (κ2) is 10.4. The maximum atomic E-state index is 13.9. The molecule has 0 bridgehead atoms. The van der Waals surface area contributed by atoms with Gasteiger partial charge in [-0.15, -0.1) is 5.10 Å². The second-order valence-corrected chi connectivity index (χ2v) is 7.75. The first-order valence-corrected chi connectivity index (χ1v) is 11.4. The summed E-state index contributed by atoms with van der Waals surface area (Å²) < 4.78 is 37.0.